The number of benzene rings is 6. The van der Waals surface area contributed by atoms with Crippen LogP contribution in [0.25, 0.3) is 11.1 Å². The average molecular weight is 1940 g/mol. The summed E-state index contributed by atoms with van der Waals surface area (Å²) in [5.74, 6) is -7.39. The summed E-state index contributed by atoms with van der Waals surface area (Å²) < 4.78 is 83.0. The Bertz CT molecular complexity index is 6000. The zero-order valence-electron chi connectivity index (χ0n) is 71.1. The molecule has 44 heteroatoms. The molecule has 0 saturated heterocycles. The Morgan fingerprint density at radius 2 is 0.947 bits per heavy atom. The largest absolute Gasteiger partial charge is 0.497 e. The van der Waals surface area contributed by atoms with Crippen LogP contribution < -0.4 is 80.6 Å². The molecule has 0 bridgehead atoms. The first-order chi connectivity index (χ1) is 61.5. The van der Waals surface area contributed by atoms with Gasteiger partial charge >= 0.3 is 48.0 Å². The maximum absolute atomic E-state index is 13.1. The van der Waals surface area contributed by atoms with E-state index in [1.807, 2.05) is 67.4 Å². The van der Waals surface area contributed by atoms with Gasteiger partial charge in [-0.3, -0.25) is 62.7 Å². The van der Waals surface area contributed by atoms with Gasteiger partial charge in [-0.25, -0.2) is 19.2 Å². The highest BCUT2D eigenvalue weighted by Crippen LogP contribution is 2.31. The number of alkyl halides is 6. The number of aryl methyl sites for hydroxylation is 3. The molecule has 0 saturated carbocycles. The molecule has 0 unspecified atom stereocenters. The Balaban J connectivity index is 0.000000219. The predicted octanol–water partition coefficient (Wildman–Crippen LogP) is 12.9. The van der Waals surface area contributed by atoms with Crippen molar-refractivity contribution in [3.8, 4) is 16.9 Å². The quantitative estimate of drug-likeness (QED) is 0.0203. The summed E-state index contributed by atoms with van der Waals surface area (Å²) in [6.45, 7) is 19.0. The molecular formula is C87H89Cl6F6N19O13. The number of ether oxygens (including phenoxy) is 1. The second kappa shape index (κ2) is 45.6. The second-order valence-electron chi connectivity index (χ2n) is 29.7. The Kier molecular flexibility index (Phi) is 35.8. The minimum atomic E-state index is -5.34. The van der Waals surface area contributed by atoms with Crippen LogP contribution in [0.5, 0.6) is 5.75 Å². The molecule has 0 fully saturated rings. The minimum Gasteiger partial charge on any atom is -0.497 e. The third-order valence-corrected chi connectivity index (χ3v) is 22.1. The Morgan fingerprint density at radius 3 is 1.42 bits per heavy atom. The van der Waals surface area contributed by atoms with Crippen LogP contribution in [0.3, 0.4) is 0 Å². The number of rotatable bonds is 28. The lowest BCUT2D eigenvalue weighted by Gasteiger charge is -2.31. The molecule has 0 aliphatic carbocycles. The summed E-state index contributed by atoms with van der Waals surface area (Å²) >= 11 is 35.8. The number of carbonyl (C=O) groups excluding carboxylic acids is 10. The van der Waals surface area contributed by atoms with Crippen molar-refractivity contribution in [1.29, 1.82) is 0 Å². The number of urea groups is 3. The molecule has 6 aromatic carbocycles. The van der Waals surface area contributed by atoms with Crippen LogP contribution in [-0.2, 0) is 56.3 Å². The van der Waals surface area contributed by atoms with E-state index in [-0.39, 0.29) is 46.5 Å². The van der Waals surface area contributed by atoms with Gasteiger partial charge in [-0.05, 0) is 172 Å². The minimum absolute atomic E-state index is 0.0227. The molecule has 11 rings (SSSR count). The summed E-state index contributed by atoms with van der Waals surface area (Å²) in [4.78, 5) is 152. The Hall–Kier alpha value is -13.5. The van der Waals surface area contributed by atoms with Crippen LogP contribution in [0.2, 0.25) is 30.1 Å². The third-order valence-electron chi connectivity index (χ3n) is 19.9. The van der Waals surface area contributed by atoms with Crippen molar-refractivity contribution in [2.45, 2.75) is 116 Å². The number of H-pyrrole nitrogens is 2. The van der Waals surface area contributed by atoms with Gasteiger partial charge in [0, 0.05) is 63.1 Å². The number of aromatic nitrogens is 4. The van der Waals surface area contributed by atoms with Gasteiger partial charge in [0.25, 0.3) is 29.2 Å². The van der Waals surface area contributed by atoms with Gasteiger partial charge in [0.15, 0.2) is 0 Å². The molecule has 0 spiro atoms. The van der Waals surface area contributed by atoms with Gasteiger partial charge in [0.1, 0.15) is 34.2 Å². The number of aromatic amines is 2. The molecule has 8 aromatic rings. The number of nitrogens with zero attached hydrogens (tertiary/aromatic N) is 5. The fourth-order valence-corrected chi connectivity index (χ4v) is 13.3. The summed E-state index contributed by atoms with van der Waals surface area (Å²) in [7, 11) is 5.96. The molecule has 0 radical (unpaired) electrons. The second-order valence-corrected chi connectivity index (χ2v) is 32.1. The number of hydrogen-bond donors (Lipinski definition) is 14. The number of nitrogens with two attached hydrogens (primary N) is 2. The highest BCUT2D eigenvalue weighted by molar-refractivity contribution is 6.43. The van der Waals surface area contributed by atoms with Crippen LogP contribution in [0, 0.1) is 0 Å². The average Bonchev–Trinajstić information content (AvgIpc) is 0.964. The van der Waals surface area contributed by atoms with Crippen LogP contribution >= 0.6 is 69.6 Å². The van der Waals surface area contributed by atoms with Crippen molar-refractivity contribution in [1.82, 2.24) is 82.3 Å². The maximum Gasteiger partial charge on any atom is 0.471 e. The van der Waals surface area contributed by atoms with Crippen molar-refractivity contribution in [2.75, 3.05) is 33.6 Å². The first-order valence-corrected chi connectivity index (χ1v) is 41.6. The molecule has 3 aliphatic heterocycles. The molecule has 16 N–H and O–H groups in total. The highest BCUT2D eigenvalue weighted by Gasteiger charge is 2.43. The van der Waals surface area contributed by atoms with E-state index >= 15 is 0 Å². The Morgan fingerprint density at radius 1 is 0.504 bits per heavy atom. The summed E-state index contributed by atoms with van der Waals surface area (Å²) in [6.07, 6.45) is -3.37. The standard InChI is InChI=1S/C26H22F3N7O5.C25H28Cl2N4O3.C19H19Cl2F3N4O3.C17H20Cl2N4O2/c1-13(32-22(38)20-19(23(39)35-25(41)34-20)33-24(40)26(27,28)29)15-5-3-6-16(9-15)18-10-31-36(12-18)11-14-4-2-7-17(8-14)21(30)37;1-15(5-6-17-9-12-20(26)21(27)13-17)29-24(32)23-22(16(2)31(3)25(33)30-23)28-14-18-7-10-19(34-4)11-8-18;1-9(4-5-11-6-7-12(20)13(21)8-11)25-16(29)15-14(26-17(30)19(22,23)24)10(2)28(3)18(31)27-15;1-9(4-5-11-6-7-12(18)13(19)8-11)21-16(24)15-14(20)10(2)23(3)17(25)22-15/h2-10,12-13H,11H2,1H3,(H2,30,37)(H,32,38)(H,33,40)(H2,34,35,39,41);7-13,15,28H,2,5-6,14H2,1,3-4H3,(H,29,32)(H,30,33);6-9H,2,4-5H2,1,3H3,(H,25,29)(H,26,30)(H,27,31);6-9H,2,4-5,20H2,1,3H3,(H,21,24)(H,22,25)/t13-;15-;2*9-/m1111/s1. The predicted molar refractivity (Wildman–Crippen MR) is 483 cm³/mol. The molecule has 131 heavy (non-hydrogen) atoms. The fourth-order valence-electron chi connectivity index (χ4n) is 12.3. The van der Waals surface area contributed by atoms with Gasteiger partial charge in [-0.1, -0.05) is 150 Å². The number of carbonyl (C=O) groups is 10. The lowest BCUT2D eigenvalue weighted by Crippen LogP contribution is -2.51. The van der Waals surface area contributed by atoms with E-state index in [1.165, 1.54) is 29.2 Å². The molecule has 2 aromatic heterocycles. The third kappa shape index (κ3) is 28.7. The number of nitrogens with one attached hydrogen (secondary N) is 12. The highest BCUT2D eigenvalue weighted by atomic mass is 35.5. The molecule has 5 heterocycles. The van der Waals surface area contributed by atoms with Gasteiger partial charge in [0.05, 0.1) is 90.2 Å². The topological polar surface area (TPSA) is 446 Å². The summed E-state index contributed by atoms with van der Waals surface area (Å²) in [5.41, 5.74) is 14.0. The lowest BCUT2D eigenvalue weighted by molar-refractivity contribution is -0.172. The van der Waals surface area contributed by atoms with Crippen molar-refractivity contribution < 1.29 is 79.0 Å². The first-order valence-electron chi connectivity index (χ1n) is 39.3. The molecule has 13 amide bonds. The fraction of sp³-hybridized carbons (Fsp3) is 0.253. The van der Waals surface area contributed by atoms with Gasteiger partial charge in [-0.15, -0.1) is 0 Å². The van der Waals surface area contributed by atoms with E-state index < -0.39 is 112 Å². The van der Waals surface area contributed by atoms with Crippen molar-refractivity contribution in [2.24, 2.45) is 11.5 Å². The normalized spacial score (nSPS) is 14.2. The number of likely N-dealkylation sites (N-methyl/N-ethyl adjacent to an activating group) is 3. The SMILES string of the molecule is C=C1C(N)=C(C(=O)N[C@H](C)CCc2ccc(Cl)c(Cl)c2)NC(=O)N1C.C=C1C(NC(=O)C(F)(F)F)=C(C(=O)N[C@H](C)CCc2ccc(Cl)c(Cl)c2)NC(=O)N1C.C=C1C(NCc2ccc(OC)cc2)=C(C(=O)N[C@H](C)CCc2ccc(Cl)c(Cl)c2)NC(=O)N1C.C[C@@H](NC(=O)c1[nH]c(=O)[nH]c(=O)c1NC(=O)C(F)(F)F)c1cccc(-c2cnn(Cc3cccc(C(N)=O)c3)c2)c1. The first kappa shape index (κ1) is 103. The summed E-state index contributed by atoms with van der Waals surface area (Å²) in [5, 5.41) is 31.5. The number of primary amides is 1. The molecule has 694 valence electrons. The lowest BCUT2D eigenvalue weighted by atomic mass is 10.0. The number of halogens is 12. The van der Waals surface area contributed by atoms with E-state index in [4.69, 9.17) is 85.8 Å². The van der Waals surface area contributed by atoms with Gasteiger partial charge in [0.2, 0.25) is 5.91 Å². The Labute approximate surface area is 775 Å². The van der Waals surface area contributed by atoms with Crippen LogP contribution in [-0.4, -0.2) is 153 Å². The van der Waals surface area contributed by atoms with E-state index in [1.54, 1.807) is 134 Å². The zero-order chi connectivity index (χ0) is 97.0. The van der Waals surface area contributed by atoms with Crippen molar-refractivity contribution in [3.05, 3.63) is 306 Å². The molecule has 3 aliphatic rings. The van der Waals surface area contributed by atoms with Crippen molar-refractivity contribution in [3.63, 3.8) is 0 Å². The van der Waals surface area contributed by atoms with Crippen LogP contribution in [0.15, 0.2) is 220 Å². The number of amides is 13. The molecular weight excluding hydrogens is 1850 g/mol. The van der Waals surface area contributed by atoms with E-state index in [0.29, 0.717) is 104 Å². The number of anilines is 1. The molecule has 32 nitrogen and oxygen atoms in total. The maximum atomic E-state index is 13.1. The smallest absolute Gasteiger partial charge is 0.471 e. The number of hydrogen-bond acceptors (Lipinski definition) is 16. The zero-order valence-corrected chi connectivity index (χ0v) is 75.6. The van der Waals surface area contributed by atoms with Gasteiger partial charge in [-0.2, -0.15) is 31.4 Å². The van der Waals surface area contributed by atoms with E-state index in [9.17, 15) is 83.9 Å². The van der Waals surface area contributed by atoms with Crippen LogP contribution in [0.4, 0.5) is 46.4 Å². The monoisotopic (exact) mass is 1930 g/mol. The van der Waals surface area contributed by atoms with Crippen LogP contribution in [0.1, 0.15) is 107 Å². The van der Waals surface area contributed by atoms with Crippen molar-refractivity contribution >= 4 is 135 Å². The number of methoxy groups -OCH3 is 1. The van der Waals surface area contributed by atoms with E-state index in [0.717, 1.165) is 49.6 Å². The summed E-state index contributed by atoms with van der Waals surface area (Å²) in [6, 6.07) is 34.2. The van der Waals surface area contributed by atoms with E-state index in [2.05, 4.69) is 67.4 Å². The molecule has 4 atom stereocenters. The van der Waals surface area contributed by atoms with Gasteiger partial charge < -0.3 is 74.4 Å².